The standard InChI is InChI=1S/C18H18FNO3/c19-15-3-1-2-14(8-15)17-9-16(21)11-20(17)10-12-4-6-13(7-5-12)18(22)23/h1-8,16-17,21H,9-11H2,(H,22,23). The molecule has 2 N–H and O–H groups in total. The minimum Gasteiger partial charge on any atom is -0.478 e. The summed E-state index contributed by atoms with van der Waals surface area (Å²) in [5.41, 5.74) is 2.06. The Morgan fingerprint density at radius 2 is 1.96 bits per heavy atom. The second kappa shape index (κ2) is 6.48. The van der Waals surface area contributed by atoms with Crippen LogP contribution in [0, 0.1) is 5.82 Å². The summed E-state index contributed by atoms with van der Waals surface area (Å²) in [5.74, 6) is -1.24. The van der Waals surface area contributed by atoms with Gasteiger partial charge in [-0.2, -0.15) is 0 Å². The predicted molar refractivity (Wildman–Crippen MR) is 83.6 cm³/mol. The van der Waals surface area contributed by atoms with Gasteiger partial charge in [0, 0.05) is 19.1 Å². The van der Waals surface area contributed by atoms with Gasteiger partial charge in [-0.3, -0.25) is 4.90 Å². The van der Waals surface area contributed by atoms with Gasteiger partial charge in [0.2, 0.25) is 0 Å². The molecule has 120 valence electrons. The van der Waals surface area contributed by atoms with Crippen LogP contribution in [0.3, 0.4) is 0 Å². The Kier molecular flexibility index (Phi) is 4.41. The number of aliphatic hydroxyl groups is 1. The van der Waals surface area contributed by atoms with E-state index in [4.69, 9.17) is 5.11 Å². The van der Waals surface area contributed by atoms with Gasteiger partial charge in [-0.15, -0.1) is 0 Å². The number of rotatable bonds is 4. The molecule has 4 nitrogen and oxygen atoms in total. The Labute approximate surface area is 133 Å². The first kappa shape index (κ1) is 15.6. The molecule has 0 radical (unpaired) electrons. The lowest BCUT2D eigenvalue weighted by atomic mass is 10.0. The first-order valence-corrected chi connectivity index (χ1v) is 7.53. The summed E-state index contributed by atoms with van der Waals surface area (Å²) in [7, 11) is 0. The monoisotopic (exact) mass is 315 g/mol. The van der Waals surface area contributed by atoms with Crippen LogP contribution in [-0.4, -0.2) is 33.7 Å². The summed E-state index contributed by atoms with van der Waals surface area (Å²) in [6.07, 6.45) is 0.123. The molecule has 0 aromatic heterocycles. The van der Waals surface area contributed by atoms with E-state index in [1.807, 2.05) is 6.07 Å². The van der Waals surface area contributed by atoms with E-state index in [0.29, 0.717) is 19.5 Å². The molecular weight excluding hydrogens is 297 g/mol. The average molecular weight is 315 g/mol. The van der Waals surface area contributed by atoms with E-state index in [9.17, 15) is 14.3 Å². The summed E-state index contributed by atoms with van der Waals surface area (Å²) in [6, 6.07) is 13.1. The smallest absolute Gasteiger partial charge is 0.335 e. The van der Waals surface area contributed by atoms with E-state index in [2.05, 4.69) is 4.90 Å². The molecule has 2 atom stereocenters. The molecule has 1 aliphatic rings. The van der Waals surface area contributed by atoms with Crippen LogP contribution in [0.25, 0.3) is 0 Å². The van der Waals surface area contributed by atoms with Crippen LogP contribution >= 0.6 is 0 Å². The molecule has 1 fully saturated rings. The van der Waals surface area contributed by atoms with Gasteiger partial charge in [-0.1, -0.05) is 24.3 Å². The van der Waals surface area contributed by atoms with Crippen molar-refractivity contribution in [2.45, 2.75) is 25.1 Å². The van der Waals surface area contributed by atoms with Crippen LogP contribution in [0.4, 0.5) is 4.39 Å². The van der Waals surface area contributed by atoms with E-state index in [-0.39, 0.29) is 17.4 Å². The van der Waals surface area contributed by atoms with Crippen LogP contribution in [0.1, 0.15) is 33.9 Å². The van der Waals surface area contributed by atoms with E-state index in [1.165, 1.54) is 12.1 Å². The highest BCUT2D eigenvalue weighted by Gasteiger charge is 2.32. The number of carbonyl (C=O) groups is 1. The predicted octanol–water partition coefficient (Wildman–Crippen LogP) is 2.83. The third kappa shape index (κ3) is 3.57. The van der Waals surface area contributed by atoms with Gasteiger partial charge in [0.1, 0.15) is 5.82 Å². The highest BCUT2D eigenvalue weighted by atomic mass is 19.1. The number of carboxylic acids is 1. The lowest BCUT2D eigenvalue weighted by Crippen LogP contribution is -2.24. The zero-order valence-corrected chi connectivity index (χ0v) is 12.5. The van der Waals surface area contributed by atoms with Gasteiger partial charge in [0.25, 0.3) is 0 Å². The number of halogens is 1. The third-order valence-corrected chi connectivity index (χ3v) is 4.20. The fourth-order valence-corrected chi connectivity index (χ4v) is 3.10. The maximum absolute atomic E-state index is 13.5. The number of aliphatic hydroxyl groups excluding tert-OH is 1. The topological polar surface area (TPSA) is 60.8 Å². The molecule has 1 saturated heterocycles. The van der Waals surface area contributed by atoms with Gasteiger partial charge in [0.15, 0.2) is 0 Å². The van der Waals surface area contributed by atoms with Gasteiger partial charge >= 0.3 is 5.97 Å². The minimum atomic E-state index is -0.953. The van der Waals surface area contributed by atoms with Crippen molar-refractivity contribution < 1.29 is 19.4 Å². The Balaban J connectivity index is 1.78. The molecule has 0 bridgehead atoms. The number of hydrogen-bond donors (Lipinski definition) is 2. The van der Waals surface area contributed by atoms with Gasteiger partial charge in [0.05, 0.1) is 11.7 Å². The highest BCUT2D eigenvalue weighted by molar-refractivity contribution is 5.87. The van der Waals surface area contributed by atoms with Crippen molar-refractivity contribution in [1.29, 1.82) is 0 Å². The SMILES string of the molecule is O=C(O)c1ccc(CN2CC(O)CC2c2cccc(F)c2)cc1. The lowest BCUT2D eigenvalue weighted by molar-refractivity contribution is 0.0697. The second-order valence-electron chi connectivity index (χ2n) is 5.89. The maximum atomic E-state index is 13.5. The van der Waals surface area contributed by atoms with Crippen molar-refractivity contribution in [2.24, 2.45) is 0 Å². The van der Waals surface area contributed by atoms with Gasteiger partial charge in [-0.05, 0) is 41.8 Å². The number of benzene rings is 2. The van der Waals surface area contributed by atoms with Crippen molar-refractivity contribution >= 4 is 5.97 Å². The summed E-state index contributed by atoms with van der Waals surface area (Å²) >= 11 is 0. The molecular formula is C18H18FNO3. The van der Waals surface area contributed by atoms with Crippen molar-refractivity contribution in [3.05, 3.63) is 71.0 Å². The Bertz CT molecular complexity index is 702. The highest BCUT2D eigenvalue weighted by Crippen LogP contribution is 2.33. The summed E-state index contributed by atoms with van der Waals surface area (Å²) in [5, 5.41) is 18.9. The Hall–Kier alpha value is -2.24. The zero-order valence-electron chi connectivity index (χ0n) is 12.5. The second-order valence-corrected chi connectivity index (χ2v) is 5.89. The van der Waals surface area contributed by atoms with Crippen molar-refractivity contribution in [3.63, 3.8) is 0 Å². The largest absolute Gasteiger partial charge is 0.478 e. The molecule has 2 aromatic rings. The maximum Gasteiger partial charge on any atom is 0.335 e. The molecule has 23 heavy (non-hydrogen) atoms. The number of hydrogen-bond acceptors (Lipinski definition) is 3. The first-order valence-electron chi connectivity index (χ1n) is 7.53. The van der Waals surface area contributed by atoms with Crippen LogP contribution in [0.5, 0.6) is 0 Å². The first-order chi connectivity index (χ1) is 11.0. The van der Waals surface area contributed by atoms with Crippen LogP contribution in [0.2, 0.25) is 0 Å². The molecule has 0 amide bonds. The summed E-state index contributed by atoms with van der Waals surface area (Å²) in [4.78, 5) is 13.0. The molecule has 2 aromatic carbocycles. The van der Waals surface area contributed by atoms with Crippen molar-refractivity contribution in [1.82, 2.24) is 4.90 Å². The fraction of sp³-hybridized carbons (Fsp3) is 0.278. The van der Waals surface area contributed by atoms with E-state index in [0.717, 1.165) is 11.1 Å². The number of β-amino-alcohol motifs (C(OH)–C–C–N with tert-alkyl or cyclic N) is 1. The minimum absolute atomic E-state index is 0.0418. The molecule has 0 aliphatic carbocycles. The molecule has 5 heteroatoms. The van der Waals surface area contributed by atoms with E-state index in [1.54, 1.807) is 30.3 Å². The molecule has 3 rings (SSSR count). The zero-order chi connectivity index (χ0) is 16.4. The average Bonchev–Trinajstić information content (AvgIpc) is 2.88. The van der Waals surface area contributed by atoms with Crippen molar-refractivity contribution in [3.8, 4) is 0 Å². The third-order valence-electron chi connectivity index (χ3n) is 4.20. The lowest BCUT2D eigenvalue weighted by Gasteiger charge is -2.24. The van der Waals surface area contributed by atoms with Gasteiger partial charge < -0.3 is 10.2 Å². The van der Waals surface area contributed by atoms with E-state index < -0.39 is 12.1 Å². The van der Waals surface area contributed by atoms with E-state index >= 15 is 0 Å². The van der Waals surface area contributed by atoms with Crippen LogP contribution < -0.4 is 0 Å². The van der Waals surface area contributed by atoms with Gasteiger partial charge in [-0.25, -0.2) is 9.18 Å². The molecule has 0 spiro atoms. The summed E-state index contributed by atoms with van der Waals surface area (Å²) in [6.45, 7) is 1.10. The number of likely N-dealkylation sites (tertiary alicyclic amines) is 1. The number of nitrogens with zero attached hydrogens (tertiary/aromatic N) is 1. The molecule has 0 saturated carbocycles. The Morgan fingerprint density at radius 1 is 1.22 bits per heavy atom. The number of carboxylic acid groups (broad SMARTS) is 1. The molecule has 2 unspecified atom stereocenters. The van der Waals surface area contributed by atoms with Crippen LogP contribution in [0.15, 0.2) is 48.5 Å². The Morgan fingerprint density at radius 3 is 2.61 bits per heavy atom. The quantitative estimate of drug-likeness (QED) is 0.911. The number of aromatic carboxylic acids is 1. The summed E-state index contributed by atoms with van der Waals surface area (Å²) < 4.78 is 13.5. The van der Waals surface area contributed by atoms with Crippen LogP contribution in [-0.2, 0) is 6.54 Å². The molecule has 1 heterocycles. The molecule has 1 aliphatic heterocycles. The van der Waals surface area contributed by atoms with Crippen molar-refractivity contribution in [2.75, 3.05) is 6.54 Å². The normalized spacial score (nSPS) is 21.5. The fourth-order valence-electron chi connectivity index (χ4n) is 3.10.